The van der Waals surface area contributed by atoms with Gasteiger partial charge in [0, 0.05) is 45.7 Å². The Kier molecular flexibility index (Phi) is 4.41. The fourth-order valence-corrected chi connectivity index (χ4v) is 4.38. The Bertz CT molecular complexity index is 1200. The molecular formula is C22H22ClN5O. The number of hydrogen-bond donors (Lipinski definition) is 2. The first-order chi connectivity index (χ1) is 14.0. The Morgan fingerprint density at radius 1 is 1.14 bits per heavy atom. The van der Waals surface area contributed by atoms with Gasteiger partial charge in [-0.05, 0) is 44.7 Å². The van der Waals surface area contributed by atoms with Crippen LogP contribution >= 0.6 is 11.6 Å². The average Bonchev–Trinajstić information content (AvgIpc) is 3.21. The van der Waals surface area contributed by atoms with Crippen molar-refractivity contribution in [1.29, 1.82) is 0 Å². The fourth-order valence-electron chi connectivity index (χ4n) is 4.14. The van der Waals surface area contributed by atoms with E-state index < -0.39 is 0 Å². The Morgan fingerprint density at radius 2 is 1.93 bits per heavy atom. The Morgan fingerprint density at radius 3 is 2.72 bits per heavy atom. The molecule has 1 fully saturated rings. The van der Waals surface area contributed by atoms with E-state index in [-0.39, 0.29) is 11.6 Å². The molecule has 3 heterocycles. The number of aromatic nitrogens is 4. The van der Waals surface area contributed by atoms with Crippen LogP contribution in [-0.4, -0.2) is 36.1 Å². The highest BCUT2D eigenvalue weighted by atomic mass is 35.5. The number of imidazole rings is 1. The summed E-state index contributed by atoms with van der Waals surface area (Å²) in [5.74, 6) is 0.594. The lowest BCUT2D eigenvalue weighted by molar-refractivity contribution is 0.107. The number of fused-ring (bicyclic) bond motifs is 3. The molecule has 0 bridgehead atoms. The van der Waals surface area contributed by atoms with Crippen LogP contribution in [0.25, 0.3) is 27.8 Å². The van der Waals surface area contributed by atoms with Crippen LogP contribution in [0, 0.1) is 0 Å². The molecule has 0 saturated heterocycles. The number of halogens is 1. The van der Waals surface area contributed by atoms with E-state index >= 15 is 0 Å². The molecule has 5 rings (SSSR count). The molecule has 29 heavy (non-hydrogen) atoms. The number of benzene rings is 1. The first-order valence-corrected chi connectivity index (χ1v) is 10.2. The van der Waals surface area contributed by atoms with Gasteiger partial charge >= 0.3 is 0 Å². The number of aliphatic hydroxyl groups is 1. The molecule has 0 aliphatic heterocycles. The van der Waals surface area contributed by atoms with E-state index in [1.807, 2.05) is 47.1 Å². The second kappa shape index (κ2) is 6.97. The number of pyridine rings is 1. The quantitative estimate of drug-likeness (QED) is 0.514. The standard InChI is InChI=1S/C22H22ClN5O/c1-22(8-6-15(29)7-9-22)27-21-25-13-14-12-17(16-4-2-3-5-18(16)23)20-24-10-11-28(20)19(14)26-21/h2-5,10-13,15,29H,6-9H2,1H3,(H,25,26,27). The van der Waals surface area contributed by atoms with Gasteiger partial charge in [0.2, 0.25) is 5.95 Å². The molecule has 7 heteroatoms. The zero-order chi connectivity index (χ0) is 20.0. The molecule has 4 aromatic rings. The largest absolute Gasteiger partial charge is 0.393 e. The summed E-state index contributed by atoms with van der Waals surface area (Å²) in [6.07, 6.45) is 8.70. The third-order valence-electron chi connectivity index (χ3n) is 5.84. The summed E-state index contributed by atoms with van der Waals surface area (Å²) in [7, 11) is 0. The summed E-state index contributed by atoms with van der Waals surface area (Å²) in [6.45, 7) is 2.17. The van der Waals surface area contributed by atoms with Crippen molar-refractivity contribution in [3.8, 4) is 11.1 Å². The summed E-state index contributed by atoms with van der Waals surface area (Å²) in [4.78, 5) is 13.9. The van der Waals surface area contributed by atoms with Gasteiger partial charge in [0.15, 0.2) is 5.65 Å². The minimum atomic E-state index is -0.198. The molecule has 3 aromatic heterocycles. The molecule has 148 valence electrons. The van der Waals surface area contributed by atoms with Gasteiger partial charge in [-0.2, -0.15) is 4.98 Å². The lowest BCUT2D eigenvalue weighted by Crippen LogP contribution is -2.40. The molecule has 1 aliphatic carbocycles. The zero-order valence-electron chi connectivity index (χ0n) is 16.1. The monoisotopic (exact) mass is 407 g/mol. The van der Waals surface area contributed by atoms with Crippen molar-refractivity contribution in [3.63, 3.8) is 0 Å². The highest BCUT2D eigenvalue weighted by Gasteiger charge is 2.31. The number of nitrogens with one attached hydrogen (secondary N) is 1. The Hall–Kier alpha value is -2.70. The van der Waals surface area contributed by atoms with Gasteiger partial charge in [0.25, 0.3) is 0 Å². The summed E-state index contributed by atoms with van der Waals surface area (Å²) >= 11 is 6.44. The first-order valence-electron chi connectivity index (χ1n) is 9.86. The van der Waals surface area contributed by atoms with Crippen LogP contribution in [0.3, 0.4) is 0 Å². The second-order valence-corrected chi connectivity index (χ2v) is 8.46. The number of aliphatic hydroxyl groups excluding tert-OH is 1. The molecule has 0 unspecified atom stereocenters. The van der Waals surface area contributed by atoms with Crippen LogP contribution in [0.15, 0.2) is 48.9 Å². The maximum Gasteiger partial charge on any atom is 0.225 e. The number of hydrogen-bond acceptors (Lipinski definition) is 5. The van der Waals surface area contributed by atoms with E-state index in [1.54, 1.807) is 6.20 Å². The molecule has 6 nitrogen and oxygen atoms in total. The predicted molar refractivity (Wildman–Crippen MR) is 115 cm³/mol. The zero-order valence-corrected chi connectivity index (χ0v) is 16.9. The first kappa shape index (κ1) is 18.3. The molecule has 1 aliphatic rings. The lowest BCUT2D eigenvalue weighted by Gasteiger charge is -2.36. The topological polar surface area (TPSA) is 75.3 Å². The van der Waals surface area contributed by atoms with Gasteiger partial charge in [-0.25, -0.2) is 9.97 Å². The van der Waals surface area contributed by atoms with Gasteiger partial charge in [-0.3, -0.25) is 4.40 Å². The van der Waals surface area contributed by atoms with Crippen LogP contribution < -0.4 is 5.32 Å². The molecule has 2 N–H and O–H groups in total. The van der Waals surface area contributed by atoms with Gasteiger partial charge in [-0.1, -0.05) is 29.8 Å². The van der Waals surface area contributed by atoms with Crippen LogP contribution in [0.2, 0.25) is 5.02 Å². The van der Waals surface area contributed by atoms with Crippen LogP contribution in [0.1, 0.15) is 32.6 Å². The molecule has 0 spiro atoms. The summed E-state index contributed by atoms with van der Waals surface area (Å²) in [5.41, 5.74) is 3.37. The minimum absolute atomic E-state index is 0.113. The van der Waals surface area contributed by atoms with E-state index in [4.69, 9.17) is 16.6 Å². The van der Waals surface area contributed by atoms with Crippen molar-refractivity contribution in [3.05, 3.63) is 53.9 Å². The van der Waals surface area contributed by atoms with Crippen molar-refractivity contribution < 1.29 is 5.11 Å². The van der Waals surface area contributed by atoms with E-state index in [9.17, 15) is 5.11 Å². The molecule has 1 saturated carbocycles. The summed E-state index contributed by atoms with van der Waals surface area (Å²) < 4.78 is 1.98. The maximum atomic E-state index is 9.80. The van der Waals surface area contributed by atoms with E-state index in [0.29, 0.717) is 11.0 Å². The third kappa shape index (κ3) is 3.32. The second-order valence-electron chi connectivity index (χ2n) is 8.05. The average molecular weight is 408 g/mol. The molecule has 0 radical (unpaired) electrons. The third-order valence-corrected chi connectivity index (χ3v) is 6.17. The summed E-state index contributed by atoms with van der Waals surface area (Å²) in [5, 5.41) is 14.9. The van der Waals surface area contributed by atoms with Crippen LogP contribution in [0.4, 0.5) is 5.95 Å². The SMILES string of the molecule is CC1(Nc2ncc3cc(-c4ccccc4Cl)c4nccn4c3n2)CCC(O)CC1. The van der Waals surface area contributed by atoms with Gasteiger partial charge < -0.3 is 10.4 Å². The molecule has 0 atom stereocenters. The lowest BCUT2D eigenvalue weighted by atomic mass is 9.82. The molecular weight excluding hydrogens is 386 g/mol. The van der Waals surface area contributed by atoms with Gasteiger partial charge in [0.1, 0.15) is 5.65 Å². The van der Waals surface area contributed by atoms with Gasteiger partial charge in [0.05, 0.1) is 6.10 Å². The minimum Gasteiger partial charge on any atom is -0.393 e. The van der Waals surface area contributed by atoms with Crippen LogP contribution in [-0.2, 0) is 0 Å². The van der Waals surface area contributed by atoms with E-state index in [2.05, 4.69) is 22.2 Å². The van der Waals surface area contributed by atoms with Crippen molar-refractivity contribution in [1.82, 2.24) is 19.4 Å². The van der Waals surface area contributed by atoms with Crippen molar-refractivity contribution in [2.75, 3.05) is 5.32 Å². The number of rotatable bonds is 3. The highest BCUT2D eigenvalue weighted by molar-refractivity contribution is 6.33. The van der Waals surface area contributed by atoms with Crippen molar-refractivity contribution in [2.24, 2.45) is 0 Å². The van der Waals surface area contributed by atoms with E-state index in [0.717, 1.165) is 53.5 Å². The van der Waals surface area contributed by atoms with Gasteiger partial charge in [-0.15, -0.1) is 0 Å². The van der Waals surface area contributed by atoms with E-state index in [1.165, 1.54) is 0 Å². The fraction of sp³-hybridized carbons (Fsp3) is 0.318. The Balaban J connectivity index is 1.59. The Labute approximate surface area is 173 Å². The predicted octanol–water partition coefficient (Wildman–Crippen LogP) is 4.70. The van der Waals surface area contributed by atoms with Crippen LogP contribution in [0.5, 0.6) is 0 Å². The normalized spacial score (nSPS) is 22.2. The molecule has 1 aromatic carbocycles. The molecule has 0 amide bonds. The maximum absolute atomic E-state index is 9.80. The number of anilines is 1. The summed E-state index contributed by atoms with van der Waals surface area (Å²) in [6, 6.07) is 9.80. The number of nitrogens with zero attached hydrogens (tertiary/aromatic N) is 4. The van der Waals surface area contributed by atoms with Crippen molar-refractivity contribution in [2.45, 2.75) is 44.2 Å². The smallest absolute Gasteiger partial charge is 0.225 e. The van der Waals surface area contributed by atoms with Crippen molar-refractivity contribution >= 4 is 34.2 Å². The highest BCUT2D eigenvalue weighted by Crippen LogP contribution is 2.34.